The molecule has 1 saturated heterocycles. The fourth-order valence-electron chi connectivity index (χ4n) is 5.48. The molecule has 3 aromatic rings. The highest BCUT2D eigenvalue weighted by Gasteiger charge is 2.38. The maximum atomic E-state index is 7.82. The number of amidine groups is 1. The van der Waals surface area contributed by atoms with Gasteiger partial charge in [-0.2, -0.15) is 0 Å². The highest BCUT2D eigenvalue weighted by atomic mass is 16.5. The van der Waals surface area contributed by atoms with Crippen molar-refractivity contribution >= 4 is 16.7 Å². The summed E-state index contributed by atoms with van der Waals surface area (Å²) in [5.41, 5.74) is 12.7. The van der Waals surface area contributed by atoms with Crippen LogP contribution >= 0.6 is 0 Å². The monoisotopic (exact) mass is 429 g/mol. The smallest absolute Gasteiger partial charge is 0.173 e. The lowest BCUT2D eigenvalue weighted by Gasteiger charge is -2.40. The zero-order valence-electron chi connectivity index (χ0n) is 18.8. The van der Waals surface area contributed by atoms with Crippen molar-refractivity contribution in [3.63, 3.8) is 0 Å². The molecule has 1 aromatic heterocycles. The van der Waals surface area contributed by atoms with Gasteiger partial charge in [0.2, 0.25) is 0 Å². The number of likely N-dealkylation sites (tertiary alicyclic amines) is 1. The first-order chi connectivity index (χ1) is 15.6. The Labute approximate surface area is 189 Å². The van der Waals surface area contributed by atoms with Crippen LogP contribution in [0.5, 0.6) is 5.75 Å². The number of H-pyrrole nitrogens is 1. The lowest BCUT2D eigenvalue weighted by atomic mass is 9.83. The normalized spacial score (nSPS) is 21.6. The number of fused-ring (bicyclic) bond motifs is 1. The van der Waals surface area contributed by atoms with Crippen molar-refractivity contribution in [2.24, 2.45) is 17.0 Å². The highest BCUT2D eigenvalue weighted by Crippen LogP contribution is 2.47. The third kappa shape index (κ3) is 3.84. The van der Waals surface area contributed by atoms with Gasteiger partial charge >= 0.3 is 0 Å². The summed E-state index contributed by atoms with van der Waals surface area (Å²) in [7, 11) is 1.76. The van der Waals surface area contributed by atoms with Crippen LogP contribution in [-0.2, 0) is 6.54 Å². The predicted octanol–water partition coefficient (Wildman–Crippen LogP) is 6.20. The summed E-state index contributed by atoms with van der Waals surface area (Å²) < 4.78 is 5.82. The number of aryl methyl sites for hydroxylation is 1. The van der Waals surface area contributed by atoms with Crippen molar-refractivity contribution in [3.05, 3.63) is 64.8 Å². The van der Waals surface area contributed by atoms with E-state index < -0.39 is 0 Å². The van der Waals surface area contributed by atoms with Crippen LogP contribution in [0.1, 0.15) is 54.0 Å². The Balaban J connectivity index is 1.48. The van der Waals surface area contributed by atoms with Crippen molar-refractivity contribution in [3.8, 4) is 5.75 Å². The summed E-state index contributed by atoms with van der Waals surface area (Å²) in [6.45, 7) is 4.05. The molecule has 5 rings (SSSR count). The molecular weight excluding hydrogens is 398 g/mol. The minimum atomic E-state index is 0.00662. The average Bonchev–Trinajstić information content (AvgIpc) is 3.56. The molecule has 1 aliphatic carbocycles. The number of aromatic nitrogens is 1. The van der Waals surface area contributed by atoms with Gasteiger partial charge in [0.1, 0.15) is 5.75 Å². The molecule has 0 spiro atoms. The van der Waals surface area contributed by atoms with Gasteiger partial charge in [0.25, 0.3) is 0 Å². The van der Waals surface area contributed by atoms with Crippen LogP contribution in [0.2, 0.25) is 0 Å². The molecule has 3 N–H and O–H groups in total. The molecule has 32 heavy (non-hydrogen) atoms. The molecule has 2 aromatic carbocycles. The number of aromatic amines is 1. The van der Waals surface area contributed by atoms with Crippen molar-refractivity contribution in [1.29, 1.82) is 10.9 Å². The van der Waals surface area contributed by atoms with Crippen LogP contribution in [0.4, 0.5) is 0 Å². The SMILES string of the molecule is COc1cc(C)c2[nH]ccc2c1CN1CCC(C2CC2)C[C@H]1c1ccc(C(=N)N=N)cc1. The molecule has 2 heterocycles. The second-order valence-electron chi connectivity index (χ2n) is 9.33. The van der Waals surface area contributed by atoms with Crippen molar-refractivity contribution in [1.82, 2.24) is 9.88 Å². The van der Waals surface area contributed by atoms with Crippen LogP contribution in [0.15, 0.2) is 47.7 Å². The Morgan fingerprint density at radius 2 is 1.94 bits per heavy atom. The Morgan fingerprint density at radius 3 is 2.62 bits per heavy atom. The van der Waals surface area contributed by atoms with Crippen LogP contribution in [0, 0.1) is 29.7 Å². The summed E-state index contributed by atoms with van der Waals surface area (Å²) in [5, 5.41) is 12.3. The number of hydrogen-bond donors (Lipinski definition) is 3. The quantitative estimate of drug-likeness (QED) is 0.247. The van der Waals surface area contributed by atoms with Gasteiger partial charge in [-0.3, -0.25) is 10.3 Å². The number of methoxy groups -OCH3 is 1. The summed E-state index contributed by atoms with van der Waals surface area (Å²) in [6, 6.07) is 12.8. The molecule has 1 aliphatic heterocycles. The third-order valence-electron chi connectivity index (χ3n) is 7.42. The standard InChI is InChI=1S/C26H31N5O/c1-16-13-24(32-2)22(21-9-11-29-25(16)21)15-31-12-10-20(17-3-4-17)14-23(31)18-5-7-19(8-6-18)26(27)30-28/h5-9,11,13,17,20,23,27-29H,3-4,10,12,14-15H2,1-2H3/t20?,23-/m0/s1. The number of rotatable bonds is 6. The van der Waals surface area contributed by atoms with Crippen molar-refractivity contribution in [2.75, 3.05) is 13.7 Å². The Kier molecular flexibility index (Phi) is 5.55. The maximum Gasteiger partial charge on any atom is 0.173 e. The average molecular weight is 430 g/mol. The summed E-state index contributed by atoms with van der Waals surface area (Å²) >= 11 is 0. The third-order valence-corrected chi connectivity index (χ3v) is 7.42. The number of nitrogens with one attached hydrogen (secondary N) is 3. The van der Waals surface area contributed by atoms with Crippen molar-refractivity contribution < 1.29 is 4.74 Å². The topological polar surface area (TPSA) is 88.3 Å². The lowest BCUT2D eigenvalue weighted by molar-refractivity contribution is 0.0954. The molecule has 1 unspecified atom stereocenters. The van der Waals surface area contributed by atoms with Crippen LogP contribution < -0.4 is 4.74 Å². The predicted molar refractivity (Wildman–Crippen MR) is 127 cm³/mol. The van der Waals surface area contributed by atoms with E-state index in [0.29, 0.717) is 11.6 Å². The van der Waals surface area contributed by atoms with E-state index in [-0.39, 0.29) is 5.84 Å². The first-order valence-electron chi connectivity index (χ1n) is 11.5. The molecule has 2 atom stereocenters. The molecule has 2 aliphatic rings. The lowest BCUT2D eigenvalue weighted by Crippen LogP contribution is -2.37. The molecule has 2 fully saturated rings. The van der Waals surface area contributed by atoms with Gasteiger partial charge < -0.3 is 9.72 Å². The first-order valence-corrected chi connectivity index (χ1v) is 11.5. The Hall–Kier alpha value is -2.99. The van der Waals surface area contributed by atoms with Gasteiger partial charge in [-0.1, -0.05) is 24.3 Å². The molecule has 1 saturated carbocycles. The number of ether oxygens (including phenoxy) is 1. The van der Waals surface area contributed by atoms with Gasteiger partial charge in [0, 0.05) is 40.8 Å². The van der Waals surface area contributed by atoms with Gasteiger partial charge in [-0.15, -0.1) is 5.11 Å². The van der Waals surface area contributed by atoms with Gasteiger partial charge in [-0.25, -0.2) is 5.53 Å². The van der Waals surface area contributed by atoms with E-state index in [1.807, 2.05) is 18.3 Å². The molecule has 6 nitrogen and oxygen atoms in total. The van der Waals surface area contributed by atoms with Crippen LogP contribution in [0.25, 0.3) is 10.9 Å². The van der Waals surface area contributed by atoms with E-state index in [2.05, 4.69) is 46.2 Å². The zero-order chi connectivity index (χ0) is 22.2. The first kappa shape index (κ1) is 20.9. The molecule has 0 bridgehead atoms. The number of hydrogen-bond acceptors (Lipinski definition) is 4. The highest BCUT2D eigenvalue weighted by molar-refractivity contribution is 5.96. The van der Waals surface area contributed by atoms with E-state index in [4.69, 9.17) is 15.7 Å². The van der Waals surface area contributed by atoms with E-state index in [9.17, 15) is 0 Å². The van der Waals surface area contributed by atoms with E-state index in [1.165, 1.54) is 53.3 Å². The number of piperidine rings is 1. The van der Waals surface area contributed by atoms with E-state index in [0.717, 1.165) is 30.7 Å². The number of benzene rings is 2. The number of nitrogens with zero attached hydrogens (tertiary/aromatic N) is 2. The second kappa shape index (κ2) is 8.51. The largest absolute Gasteiger partial charge is 0.496 e. The molecule has 6 heteroatoms. The molecule has 0 radical (unpaired) electrons. The van der Waals surface area contributed by atoms with Gasteiger partial charge in [-0.05, 0) is 74.2 Å². The van der Waals surface area contributed by atoms with Crippen LogP contribution in [0.3, 0.4) is 0 Å². The van der Waals surface area contributed by atoms with Gasteiger partial charge in [0.15, 0.2) is 5.84 Å². The fourth-order valence-corrected chi connectivity index (χ4v) is 5.48. The molecule has 0 amide bonds. The molecule has 166 valence electrons. The van der Waals surface area contributed by atoms with E-state index >= 15 is 0 Å². The zero-order valence-corrected chi connectivity index (χ0v) is 18.8. The maximum absolute atomic E-state index is 7.82. The van der Waals surface area contributed by atoms with Crippen LogP contribution in [-0.4, -0.2) is 29.4 Å². The second-order valence-corrected chi connectivity index (χ2v) is 9.33. The Morgan fingerprint density at radius 1 is 1.16 bits per heavy atom. The summed E-state index contributed by atoms with van der Waals surface area (Å²) in [5.74, 6) is 2.66. The minimum absolute atomic E-state index is 0.00662. The van der Waals surface area contributed by atoms with E-state index in [1.54, 1.807) is 7.11 Å². The summed E-state index contributed by atoms with van der Waals surface area (Å²) in [6.07, 6.45) is 7.21. The summed E-state index contributed by atoms with van der Waals surface area (Å²) in [4.78, 5) is 6.00. The van der Waals surface area contributed by atoms with Crippen molar-refractivity contribution in [2.45, 2.75) is 45.2 Å². The molecular formula is C26H31N5O. The minimum Gasteiger partial charge on any atom is -0.496 e. The Bertz CT molecular complexity index is 1140. The van der Waals surface area contributed by atoms with Gasteiger partial charge in [0.05, 0.1) is 7.11 Å². The fraction of sp³-hybridized carbons (Fsp3) is 0.423.